The summed E-state index contributed by atoms with van der Waals surface area (Å²) in [5.74, 6) is 0. The van der Waals surface area contributed by atoms with Crippen molar-refractivity contribution in [1.82, 2.24) is 9.13 Å². The van der Waals surface area contributed by atoms with Crippen LogP contribution in [-0.2, 0) is 6.42 Å². The lowest BCUT2D eigenvalue weighted by molar-refractivity contribution is 1.00. The maximum Gasteiger partial charge on any atom is 0.101 e. The number of aromatic nitrogens is 2. The molecule has 232 valence electrons. The monoisotopic (exact) mass is 628 g/mol. The molecule has 0 unspecified atom stereocenters. The van der Waals surface area contributed by atoms with Gasteiger partial charge in [0.05, 0.1) is 39.4 Å². The molecule has 0 bridgehead atoms. The minimum atomic E-state index is 0.506. The van der Waals surface area contributed by atoms with E-state index in [-0.39, 0.29) is 0 Å². The number of allylic oxidation sites excluding steroid dienone is 7. The van der Waals surface area contributed by atoms with E-state index in [1.165, 1.54) is 22.2 Å². The second-order valence-corrected chi connectivity index (χ2v) is 12.1. The summed E-state index contributed by atoms with van der Waals surface area (Å²) in [7, 11) is 0. The van der Waals surface area contributed by atoms with Crippen LogP contribution >= 0.6 is 0 Å². The lowest BCUT2D eigenvalue weighted by Crippen LogP contribution is -2.07. The Morgan fingerprint density at radius 1 is 0.633 bits per heavy atom. The first-order valence-corrected chi connectivity index (χ1v) is 16.5. The van der Waals surface area contributed by atoms with Gasteiger partial charge in [-0.1, -0.05) is 103 Å². The molecule has 49 heavy (non-hydrogen) atoms. The predicted molar refractivity (Wildman–Crippen MR) is 203 cm³/mol. The zero-order valence-electron chi connectivity index (χ0n) is 27.4. The van der Waals surface area contributed by atoms with E-state index in [1.807, 2.05) is 38.1 Å². The number of para-hydroxylation sites is 3. The first kappa shape index (κ1) is 29.8. The molecule has 0 amide bonds. The van der Waals surface area contributed by atoms with E-state index in [2.05, 4.69) is 131 Å². The zero-order valence-corrected chi connectivity index (χ0v) is 27.4. The van der Waals surface area contributed by atoms with Crippen molar-refractivity contribution >= 4 is 49.9 Å². The number of hydrogen-bond acceptors (Lipinski definition) is 2. The van der Waals surface area contributed by atoms with E-state index in [1.54, 1.807) is 12.1 Å². The van der Waals surface area contributed by atoms with Gasteiger partial charge in [-0.25, -0.2) is 0 Å². The topological polar surface area (TPSA) is 57.4 Å². The molecule has 1 aliphatic carbocycles. The maximum absolute atomic E-state index is 10.6. The quantitative estimate of drug-likeness (QED) is 0.178. The third-order valence-corrected chi connectivity index (χ3v) is 9.61. The fourth-order valence-corrected chi connectivity index (χ4v) is 7.58. The van der Waals surface area contributed by atoms with E-state index in [4.69, 9.17) is 0 Å². The molecule has 0 N–H and O–H groups in total. The summed E-state index contributed by atoms with van der Waals surface area (Å²) in [4.78, 5) is 0. The molecule has 7 aromatic rings. The number of benzene rings is 5. The average Bonchev–Trinajstić information content (AvgIpc) is 3.53. The fourth-order valence-electron chi connectivity index (χ4n) is 7.58. The molecule has 0 radical (unpaired) electrons. The van der Waals surface area contributed by atoms with E-state index < -0.39 is 0 Å². The fraction of sp³-hybridized carbons (Fsp3) is 0.0667. The summed E-state index contributed by atoms with van der Waals surface area (Å²) in [5.41, 5.74) is 12.1. The highest BCUT2D eigenvalue weighted by molar-refractivity contribution is 6.12. The molecular weight excluding hydrogens is 597 g/mol. The summed E-state index contributed by atoms with van der Waals surface area (Å²) < 4.78 is 4.53. The number of nitriles is 2. The van der Waals surface area contributed by atoms with Gasteiger partial charge in [-0.3, -0.25) is 0 Å². The van der Waals surface area contributed by atoms with Crippen molar-refractivity contribution in [2.24, 2.45) is 0 Å². The Labute approximate surface area is 285 Å². The minimum Gasteiger partial charge on any atom is -0.313 e. The van der Waals surface area contributed by atoms with E-state index in [0.717, 1.165) is 56.2 Å². The molecule has 0 atom stereocenters. The minimum absolute atomic E-state index is 0.506. The predicted octanol–water partition coefficient (Wildman–Crippen LogP) is 11.1. The molecule has 5 aromatic carbocycles. The van der Waals surface area contributed by atoms with Crippen LogP contribution < -0.4 is 0 Å². The average molecular weight is 629 g/mol. The van der Waals surface area contributed by atoms with Crippen LogP contribution in [0.3, 0.4) is 0 Å². The molecule has 2 heterocycles. The van der Waals surface area contributed by atoms with Gasteiger partial charge in [0, 0.05) is 45.1 Å². The molecule has 2 aromatic heterocycles. The third kappa shape index (κ3) is 4.66. The summed E-state index contributed by atoms with van der Waals surface area (Å²) in [5, 5.41) is 24.6. The Morgan fingerprint density at radius 3 is 1.90 bits per heavy atom. The van der Waals surface area contributed by atoms with E-state index >= 15 is 0 Å². The summed E-state index contributed by atoms with van der Waals surface area (Å²) in [6.07, 6.45) is 13.7. The molecule has 0 spiro atoms. The lowest BCUT2D eigenvalue weighted by Gasteiger charge is -2.21. The van der Waals surface area contributed by atoms with Gasteiger partial charge in [-0.15, -0.1) is 0 Å². The first-order valence-electron chi connectivity index (χ1n) is 16.5. The SMILES string of the molecule is C/C=C(\C(=C/C)c1c(C#N)ccc(C#N)c1-n1c2ccccc2c2ccccc21)c1cccc(-n2c3c(c4ccccc42)C=CC=CC3)c1. The lowest BCUT2D eigenvalue weighted by atomic mass is 9.86. The van der Waals surface area contributed by atoms with Gasteiger partial charge in [-0.2, -0.15) is 10.5 Å². The highest BCUT2D eigenvalue weighted by Gasteiger charge is 2.25. The Hall–Kier alpha value is -6.62. The van der Waals surface area contributed by atoms with Crippen LogP contribution in [0.4, 0.5) is 0 Å². The maximum atomic E-state index is 10.6. The van der Waals surface area contributed by atoms with E-state index in [9.17, 15) is 10.5 Å². The Bertz CT molecular complexity index is 2620. The van der Waals surface area contributed by atoms with Crippen molar-refractivity contribution in [1.29, 1.82) is 10.5 Å². The van der Waals surface area contributed by atoms with Crippen LogP contribution in [0.15, 0.2) is 140 Å². The van der Waals surface area contributed by atoms with Gasteiger partial charge in [0.1, 0.15) is 6.07 Å². The van der Waals surface area contributed by atoms with Gasteiger partial charge in [0.25, 0.3) is 0 Å². The van der Waals surface area contributed by atoms with Gasteiger partial charge >= 0.3 is 0 Å². The van der Waals surface area contributed by atoms with Gasteiger partial charge < -0.3 is 9.13 Å². The summed E-state index contributed by atoms with van der Waals surface area (Å²) in [6.45, 7) is 4.05. The highest BCUT2D eigenvalue weighted by Crippen LogP contribution is 2.42. The Balaban J connectivity index is 1.37. The highest BCUT2D eigenvalue weighted by atomic mass is 15.0. The van der Waals surface area contributed by atoms with Gasteiger partial charge in [-0.05, 0) is 73.0 Å². The van der Waals surface area contributed by atoms with Crippen molar-refractivity contribution in [3.63, 3.8) is 0 Å². The molecule has 0 saturated carbocycles. The van der Waals surface area contributed by atoms with Crippen molar-refractivity contribution < 1.29 is 0 Å². The molecule has 4 nitrogen and oxygen atoms in total. The molecule has 0 fully saturated rings. The second-order valence-electron chi connectivity index (χ2n) is 12.1. The van der Waals surface area contributed by atoms with Gasteiger partial charge in [0.15, 0.2) is 0 Å². The molecule has 8 rings (SSSR count). The Morgan fingerprint density at radius 2 is 1.24 bits per heavy atom. The molecule has 1 aliphatic rings. The van der Waals surface area contributed by atoms with Crippen LogP contribution in [0, 0.1) is 22.7 Å². The van der Waals surface area contributed by atoms with Crippen molar-refractivity contribution in [3.8, 4) is 23.5 Å². The second kappa shape index (κ2) is 12.2. The van der Waals surface area contributed by atoms with Crippen LogP contribution in [0.2, 0.25) is 0 Å². The van der Waals surface area contributed by atoms with Crippen LogP contribution in [0.5, 0.6) is 0 Å². The molecule has 0 saturated heterocycles. The summed E-state index contributed by atoms with van der Waals surface area (Å²) >= 11 is 0. The number of hydrogen-bond donors (Lipinski definition) is 0. The first-order chi connectivity index (χ1) is 24.2. The number of rotatable bonds is 5. The normalized spacial score (nSPS) is 13.1. The smallest absolute Gasteiger partial charge is 0.101 e. The molecule has 0 aliphatic heterocycles. The van der Waals surface area contributed by atoms with Crippen LogP contribution in [0.1, 0.15) is 47.4 Å². The van der Waals surface area contributed by atoms with Crippen molar-refractivity contribution in [2.45, 2.75) is 20.3 Å². The third-order valence-electron chi connectivity index (χ3n) is 9.61. The van der Waals surface area contributed by atoms with E-state index in [0.29, 0.717) is 16.8 Å². The molecule has 4 heteroatoms. The number of fused-ring (bicyclic) bond motifs is 6. The number of nitrogens with zero attached hydrogens (tertiary/aromatic N) is 4. The van der Waals surface area contributed by atoms with Crippen LogP contribution in [-0.4, -0.2) is 9.13 Å². The standard InChI is InChI=1S/C45H32N4/c1-3-34(30-15-14-16-33(27-30)48-40-21-7-5-6-17-36(40)37-18-8-11-22-41(37)48)35(4-2)44-31(28-46)25-26-32(29-47)45(44)49-42-23-12-9-19-38(42)39-20-10-13-24-43(39)49/h3-20,22-27H,21H2,1-2H3/b34-3-,35-4+. The Kier molecular flexibility index (Phi) is 7.41. The summed E-state index contributed by atoms with van der Waals surface area (Å²) in [6, 6.07) is 42.2. The largest absolute Gasteiger partial charge is 0.313 e. The zero-order chi connectivity index (χ0) is 33.5. The van der Waals surface area contributed by atoms with Crippen molar-refractivity contribution in [3.05, 3.63) is 173 Å². The van der Waals surface area contributed by atoms with Crippen molar-refractivity contribution in [2.75, 3.05) is 0 Å². The van der Waals surface area contributed by atoms with Crippen LogP contribution in [0.25, 0.3) is 61.3 Å². The van der Waals surface area contributed by atoms with Gasteiger partial charge in [0.2, 0.25) is 0 Å². The molecular formula is C45H32N4.